The van der Waals surface area contributed by atoms with Gasteiger partial charge in [0, 0.05) is 0 Å². The van der Waals surface area contributed by atoms with Crippen LogP contribution >= 0.6 is 0 Å². The molecule has 0 aliphatic heterocycles. The largest absolute Gasteiger partial charge is 0.511 e. The predicted molar refractivity (Wildman–Crippen MR) is 67.6 cm³/mol. The molecule has 0 atom stereocenters. The Balaban J connectivity index is 2.49. The van der Waals surface area contributed by atoms with E-state index >= 15 is 0 Å². The molecule has 0 spiro atoms. The molecule has 0 amide bonds. The van der Waals surface area contributed by atoms with E-state index in [1.165, 1.54) is 7.11 Å². The third-order valence-corrected chi connectivity index (χ3v) is 3.61. The molecule has 0 aromatic heterocycles. The minimum Gasteiger partial charge on any atom is -0.493 e. The summed E-state index contributed by atoms with van der Waals surface area (Å²) in [6, 6.07) is 3.89. The van der Waals surface area contributed by atoms with E-state index in [0.717, 1.165) is 30.4 Å². The summed E-state index contributed by atoms with van der Waals surface area (Å²) in [5.41, 5.74) is 2.29. The Hall–Kier alpha value is -1.71. The lowest BCUT2D eigenvalue weighted by Crippen LogP contribution is -2.08. The standard InChI is InChI=1S/C14H18O4/c1-4-9-7-10(14(2)5-6-14)8-11(12(9)17-3)18-13(15)16/h7-8H,4-6H2,1-3H3,(H,15,16). The molecule has 0 unspecified atom stereocenters. The van der Waals surface area contributed by atoms with Crippen LogP contribution in [0.25, 0.3) is 0 Å². The van der Waals surface area contributed by atoms with E-state index in [1.54, 1.807) is 6.07 Å². The highest BCUT2D eigenvalue weighted by Gasteiger charge is 2.40. The molecular formula is C14H18O4. The second-order valence-electron chi connectivity index (χ2n) is 4.95. The zero-order valence-electron chi connectivity index (χ0n) is 10.9. The average molecular weight is 250 g/mol. The van der Waals surface area contributed by atoms with Gasteiger partial charge in [-0.1, -0.05) is 19.9 Å². The number of methoxy groups -OCH3 is 1. The molecule has 18 heavy (non-hydrogen) atoms. The van der Waals surface area contributed by atoms with E-state index in [9.17, 15) is 4.79 Å². The van der Waals surface area contributed by atoms with Gasteiger partial charge in [0.15, 0.2) is 11.5 Å². The van der Waals surface area contributed by atoms with E-state index in [4.69, 9.17) is 14.6 Å². The van der Waals surface area contributed by atoms with Crippen molar-refractivity contribution in [3.8, 4) is 11.5 Å². The summed E-state index contributed by atoms with van der Waals surface area (Å²) in [4.78, 5) is 10.7. The van der Waals surface area contributed by atoms with Gasteiger partial charge in [-0.15, -0.1) is 0 Å². The summed E-state index contributed by atoms with van der Waals surface area (Å²) in [6.45, 7) is 4.19. The topological polar surface area (TPSA) is 55.8 Å². The Morgan fingerprint density at radius 1 is 1.44 bits per heavy atom. The number of carboxylic acid groups (broad SMARTS) is 1. The smallest absolute Gasteiger partial charge is 0.493 e. The van der Waals surface area contributed by atoms with E-state index in [0.29, 0.717) is 11.5 Å². The highest BCUT2D eigenvalue weighted by atomic mass is 16.7. The van der Waals surface area contributed by atoms with Gasteiger partial charge < -0.3 is 14.6 Å². The lowest BCUT2D eigenvalue weighted by Gasteiger charge is -2.17. The molecule has 1 N–H and O–H groups in total. The van der Waals surface area contributed by atoms with Crippen molar-refractivity contribution in [1.82, 2.24) is 0 Å². The van der Waals surface area contributed by atoms with Crippen molar-refractivity contribution in [3.63, 3.8) is 0 Å². The van der Waals surface area contributed by atoms with Crippen molar-refractivity contribution in [2.75, 3.05) is 7.11 Å². The van der Waals surface area contributed by atoms with Crippen LogP contribution in [0.1, 0.15) is 37.8 Å². The molecule has 0 bridgehead atoms. The van der Waals surface area contributed by atoms with Crippen molar-refractivity contribution >= 4 is 6.16 Å². The molecule has 0 heterocycles. The van der Waals surface area contributed by atoms with Gasteiger partial charge in [0.05, 0.1) is 7.11 Å². The van der Waals surface area contributed by atoms with Crippen molar-refractivity contribution < 1.29 is 19.4 Å². The second-order valence-corrected chi connectivity index (χ2v) is 4.95. The van der Waals surface area contributed by atoms with Crippen LogP contribution < -0.4 is 9.47 Å². The van der Waals surface area contributed by atoms with E-state index in [1.807, 2.05) is 6.92 Å². The number of carbonyl (C=O) groups is 1. The molecule has 0 saturated heterocycles. The fourth-order valence-corrected chi connectivity index (χ4v) is 2.15. The molecule has 98 valence electrons. The molecule has 1 fully saturated rings. The third kappa shape index (κ3) is 2.28. The lowest BCUT2D eigenvalue weighted by atomic mass is 9.94. The van der Waals surface area contributed by atoms with Crippen LogP contribution in [0.15, 0.2) is 12.1 Å². The van der Waals surface area contributed by atoms with Crippen LogP contribution in [-0.2, 0) is 11.8 Å². The highest BCUT2D eigenvalue weighted by molar-refractivity contribution is 5.65. The fourth-order valence-electron chi connectivity index (χ4n) is 2.15. The maximum Gasteiger partial charge on any atom is 0.511 e. The minimum absolute atomic E-state index is 0.173. The summed E-state index contributed by atoms with van der Waals surface area (Å²) in [7, 11) is 1.53. The SMILES string of the molecule is CCc1cc(C2(C)CC2)cc(OC(=O)O)c1OC. The molecule has 4 heteroatoms. The Morgan fingerprint density at radius 2 is 2.11 bits per heavy atom. The molecule has 1 aliphatic carbocycles. The first-order valence-electron chi connectivity index (χ1n) is 6.12. The Bertz CT molecular complexity index is 475. The fraction of sp³-hybridized carbons (Fsp3) is 0.500. The minimum atomic E-state index is -1.31. The maximum atomic E-state index is 10.7. The van der Waals surface area contributed by atoms with E-state index in [2.05, 4.69) is 13.0 Å². The van der Waals surface area contributed by atoms with E-state index in [-0.39, 0.29) is 5.41 Å². The van der Waals surface area contributed by atoms with Gasteiger partial charge in [-0.25, -0.2) is 4.79 Å². The Morgan fingerprint density at radius 3 is 2.56 bits per heavy atom. The van der Waals surface area contributed by atoms with Crippen LogP contribution in [0, 0.1) is 0 Å². The van der Waals surface area contributed by atoms with Gasteiger partial charge >= 0.3 is 6.16 Å². The quantitative estimate of drug-likeness (QED) is 0.657. The van der Waals surface area contributed by atoms with Gasteiger partial charge in [0.1, 0.15) is 0 Å². The van der Waals surface area contributed by atoms with Crippen LogP contribution in [0.3, 0.4) is 0 Å². The van der Waals surface area contributed by atoms with Gasteiger partial charge in [-0.3, -0.25) is 0 Å². The number of ether oxygens (including phenoxy) is 2. The molecular weight excluding hydrogens is 232 g/mol. The normalized spacial score (nSPS) is 16.2. The molecule has 0 radical (unpaired) electrons. The number of rotatable bonds is 4. The lowest BCUT2D eigenvalue weighted by molar-refractivity contribution is 0.142. The van der Waals surface area contributed by atoms with E-state index < -0.39 is 6.16 Å². The maximum absolute atomic E-state index is 10.7. The summed E-state index contributed by atoms with van der Waals surface area (Å²) >= 11 is 0. The Kier molecular flexibility index (Phi) is 3.20. The predicted octanol–water partition coefficient (Wildman–Crippen LogP) is 3.37. The van der Waals surface area contributed by atoms with Crippen molar-refractivity contribution in [3.05, 3.63) is 23.3 Å². The van der Waals surface area contributed by atoms with Gasteiger partial charge in [-0.05, 0) is 41.9 Å². The van der Waals surface area contributed by atoms with Crippen molar-refractivity contribution in [2.24, 2.45) is 0 Å². The zero-order valence-corrected chi connectivity index (χ0v) is 10.9. The third-order valence-electron chi connectivity index (χ3n) is 3.61. The zero-order chi connectivity index (χ0) is 13.3. The molecule has 4 nitrogen and oxygen atoms in total. The molecule has 1 aromatic carbocycles. The number of benzene rings is 1. The summed E-state index contributed by atoms with van der Waals surface area (Å²) < 4.78 is 10.1. The van der Waals surface area contributed by atoms with Crippen molar-refractivity contribution in [1.29, 1.82) is 0 Å². The van der Waals surface area contributed by atoms with Gasteiger partial charge in [0.2, 0.25) is 0 Å². The van der Waals surface area contributed by atoms with Crippen LogP contribution in [-0.4, -0.2) is 18.4 Å². The van der Waals surface area contributed by atoms with Crippen LogP contribution in [0.4, 0.5) is 4.79 Å². The van der Waals surface area contributed by atoms with Crippen LogP contribution in [0.2, 0.25) is 0 Å². The molecule has 1 aliphatic rings. The number of aryl methyl sites for hydroxylation is 1. The van der Waals surface area contributed by atoms with Gasteiger partial charge in [0.25, 0.3) is 0 Å². The first-order chi connectivity index (χ1) is 8.50. The van der Waals surface area contributed by atoms with Crippen LogP contribution in [0.5, 0.6) is 11.5 Å². The van der Waals surface area contributed by atoms with Crippen molar-refractivity contribution in [2.45, 2.75) is 38.5 Å². The molecule has 2 rings (SSSR count). The average Bonchev–Trinajstić information content (AvgIpc) is 3.06. The first kappa shape index (κ1) is 12.7. The van der Waals surface area contributed by atoms with Gasteiger partial charge in [-0.2, -0.15) is 0 Å². The Labute approximate surface area is 107 Å². The summed E-state index contributed by atoms with van der Waals surface area (Å²) in [5, 5.41) is 8.78. The second kappa shape index (κ2) is 4.52. The molecule has 1 saturated carbocycles. The highest BCUT2D eigenvalue weighted by Crippen LogP contribution is 2.50. The first-order valence-corrected chi connectivity index (χ1v) is 6.12. The molecule has 1 aromatic rings. The number of hydrogen-bond acceptors (Lipinski definition) is 3. The monoisotopic (exact) mass is 250 g/mol. The summed E-state index contributed by atoms with van der Waals surface area (Å²) in [6.07, 6.45) is 1.74. The summed E-state index contributed by atoms with van der Waals surface area (Å²) in [5.74, 6) is 0.820. The number of hydrogen-bond donors (Lipinski definition) is 1.